The van der Waals surface area contributed by atoms with Gasteiger partial charge in [-0.25, -0.2) is 0 Å². The zero-order valence-electron chi connectivity index (χ0n) is 11.1. The number of morpholine rings is 1. The first-order chi connectivity index (χ1) is 8.28. The molecule has 1 heterocycles. The molecule has 0 bridgehead atoms. The van der Waals surface area contributed by atoms with E-state index in [1.165, 1.54) is 25.7 Å². The van der Waals surface area contributed by atoms with Gasteiger partial charge in [0.15, 0.2) is 0 Å². The Balaban J connectivity index is 1.64. The minimum atomic E-state index is 0.545. The summed E-state index contributed by atoms with van der Waals surface area (Å²) in [6.45, 7) is 5.07. The smallest absolute Gasteiger partial charge is 0.0620 e. The highest BCUT2D eigenvalue weighted by molar-refractivity contribution is 7.99. The van der Waals surface area contributed by atoms with Crippen LogP contribution in [0, 0.1) is 0 Å². The molecule has 4 unspecified atom stereocenters. The second-order valence-corrected chi connectivity index (χ2v) is 6.54. The van der Waals surface area contributed by atoms with E-state index in [0.717, 1.165) is 31.1 Å². The lowest BCUT2D eigenvalue weighted by Gasteiger charge is -2.28. The molecule has 2 rings (SSSR count). The quantitative estimate of drug-likeness (QED) is 0.785. The molecule has 1 saturated heterocycles. The summed E-state index contributed by atoms with van der Waals surface area (Å²) >= 11 is 2.03. The third-order valence-electron chi connectivity index (χ3n) is 3.87. The Hall–Kier alpha value is 0.230. The standard InChI is InChI=1S/C13H26N2OS/c1-10(7-12-9-16-6-5-14-12)15-11-3-4-13(8-11)17-2/h10-15H,3-9H2,1-2H3. The highest BCUT2D eigenvalue weighted by atomic mass is 32.2. The lowest BCUT2D eigenvalue weighted by atomic mass is 10.1. The summed E-state index contributed by atoms with van der Waals surface area (Å²) in [5.41, 5.74) is 0. The van der Waals surface area contributed by atoms with Crippen molar-refractivity contribution in [2.75, 3.05) is 26.0 Å². The number of nitrogens with one attached hydrogen (secondary N) is 2. The number of rotatable bonds is 5. The molecule has 0 radical (unpaired) electrons. The Labute approximate surface area is 109 Å². The molecular weight excluding hydrogens is 232 g/mol. The van der Waals surface area contributed by atoms with Crippen molar-refractivity contribution < 1.29 is 4.74 Å². The Bertz CT molecular complexity index is 221. The molecule has 0 aromatic rings. The molecule has 2 fully saturated rings. The maximum absolute atomic E-state index is 5.49. The summed E-state index contributed by atoms with van der Waals surface area (Å²) in [6.07, 6.45) is 7.50. The molecule has 1 saturated carbocycles. The Morgan fingerprint density at radius 3 is 3.00 bits per heavy atom. The fourth-order valence-corrected chi connectivity index (χ4v) is 3.77. The first kappa shape index (κ1) is 13.7. The number of hydrogen-bond donors (Lipinski definition) is 2. The molecule has 100 valence electrons. The monoisotopic (exact) mass is 258 g/mol. The molecule has 4 atom stereocenters. The average molecular weight is 258 g/mol. The van der Waals surface area contributed by atoms with Crippen LogP contribution in [0.3, 0.4) is 0 Å². The van der Waals surface area contributed by atoms with E-state index in [2.05, 4.69) is 23.8 Å². The molecule has 4 heteroatoms. The fraction of sp³-hybridized carbons (Fsp3) is 1.00. The first-order valence-corrected chi connectivity index (χ1v) is 8.16. The highest BCUT2D eigenvalue weighted by Gasteiger charge is 2.25. The van der Waals surface area contributed by atoms with Gasteiger partial charge in [-0.15, -0.1) is 0 Å². The van der Waals surface area contributed by atoms with Crippen LogP contribution in [-0.2, 0) is 4.74 Å². The van der Waals surface area contributed by atoms with Crippen LogP contribution in [0.5, 0.6) is 0 Å². The van der Waals surface area contributed by atoms with Crippen LogP contribution in [0.25, 0.3) is 0 Å². The minimum Gasteiger partial charge on any atom is -0.379 e. The van der Waals surface area contributed by atoms with Crippen LogP contribution < -0.4 is 10.6 Å². The van der Waals surface area contributed by atoms with Crippen molar-refractivity contribution in [1.29, 1.82) is 0 Å². The van der Waals surface area contributed by atoms with Gasteiger partial charge in [0.1, 0.15) is 0 Å². The predicted octanol–water partition coefficient (Wildman–Crippen LogP) is 1.63. The molecule has 2 aliphatic rings. The maximum Gasteiger partial charge on any atom is 0.0620 e. The van der Waals surface area contributed by atoms with Gasteiger partial charge < -0.3 is 15.4 Å². The lowest BCUT2D eigenvalue weighted by molar-refractivity contribution is 0.0708. The first-order valence-electron chi connectivity index (χ1n) is 6.88. The summed E-state index contributed by atoms with van der Waals surface area (Å²) < 4.78 is 5.49. The third-order valence-corrected chi connectivity index (χ3v) is 4.97. The largest absolute Gasteiger partial charge is 0.379 e. The second-order valence-electron chi connectivity index (χ2n) is 5.40. The highest BCUT2D eigenvalue weighted by Crippen LogP contribution is 2.28. The van der Waals surface area contributed by atoms with Gasteiger partial charge in [-0.05, 0) is 38.9 Å². The van der Waals surface area contributed by atoms with E-state index in [-0.39, 0.29) is 0 Å². The third kappa shape index (κ3) is 4.43. The summed E-state index contributed by atoms with van der Waals surface area (Å²) in [5, 5.41) is 8.19. The Morgan fingerprint density at radius 2 is 2.35 bits per heavy atom. The summed E-state index contributed by atoms with van der Waals surface area (Å²) in [4.78, 5) is 0. The van der Waals surface area contributed by atoms with Crippen LogP contribution in [-0.4, -0.2) is 49.4 Å². The van der Waals surface area contributed by atoms with Gasteiger partial charge >= 0.3 is 0 Å². The number of ether oxygens (including phenoxy) is 1. The maximum atomic E-state index is 5.49. The van der Waals surface area contributed by atoms with E-state index >= 15 is 0 Å². The van der Waals surface area contributed by atoms with Gasteiger partial charge in [-0.3, -0.25) is 0 Å². The van der Waals surface area contributed by atoms with Gasteiger partial charge in [0.05, 0.1) is 13.2 Å². The van der Waals surface area contributed by atoms with Crippen molar-refractivity contribution in [1.82, 2.24) is 10.6 Å². The van der Waals surface area contributed by atoms with Crippen molar-refractivity contribution >= 4 is 11.8 Å². The second kappa shape index (κ2) is 6.98. The molecule has 0 aromatic heterocycles. The van der Waals surface area contributed by atoms with Crippen LogP contribution in [0.15, 0.2) is 0 Å². The van der Waals surface area contributed by atoms with Gasteiger partial charge in [-0.1, -0.05) is 0 Å². The fourth-order valence-electron chi connectivity index (χ4n) is 2.97. The van der Waals surface area contributed by atoms with Crippen molar-refractivity contribution in [3.05, 3.63) is 0 Å². The molecule has 0 amide bonds. The summed E-state index contributed by atoms with van der Waals surface area (Å²) in [5.74, 6) is 0. The van der Waals surface area contributed by atoms with Gasteiger partial charge in [0, 0.05) is 29.9 Å². The van der Waals surface area contributed by atoms with E-state index < -0.39 is 0 Å². The van der Waals surface area contributed by atoms with Crippen LogP contribution in [0.4, 0.5) is 0 Å². The number of thioether (sulfide) groups is 1. The van der Waals surface area contributed by atoms with E-state index in [4.69, 9.17) is 4.74 Å². The predicted molar refractivity (Wildman–Crippen MR) is 74.8 cm³/mol. The van der Waals surface area contributed by atoms with Gasteiger partial charge in [0.25, 0.3) is 0 Å². The van der Waals surface area contributed by atoms with Gasteiger partial charge in [-0.2, -0.15) is 11.8 Å². The molecular formula is C13H26N2OS. The van der Waals surface area contributed by atoms with Crippen molar-refractivity contribution in [3.8, 4) is 0 Å². The topological polar surface area (TPSA) is 33.3 Å². The van der Waals surface area contributed by atoms with Crippen molar-refractivity contribution in [2.24, 2.45) is 0 Å². The number of hydrogen-bond acceptors (Lipinski definition) is 4. The molecule has 1 aliphatic carbocycles. The minimum absolute atomic E-state index is 0.545. The zero-order valence-corrected chi connectivity index (χ0v) is 11.9. The average Bonchev–Trinajstić information content (AvgIpc) is 2.78. The Kier molecular flexibility index (Phi) is 5.60. The van der Waals surface area contributed by atoms with Crippen LogP contribution in [0.1, 0.15) is 32.6 Å². The molecule has 1 aliphatic heterocycles. The van der Waals surface area contributed by atoms with E-state index in [0.29, 0.717) is 12.1 Å². The molecule has 0 spiro atoms. The van der Waals surface area contributed by atoms with Crippen molar-refractivity contribution in [2.45, 2.75) is 56.0 Å². The molecule has 0 aromatic carbocycles. The molecule has 2 N–H and O–H groups in total. The SMILES string of the molecule is CSC1CCC(NC(C)CC2COCCN2)C1. The lowest BCUT2D eigenvalue weighted by Crippen LogP contribution is -2.46. The van der Waals surface area contributed by atoms with E-state index in [9.17, 15) is 0 Å². The van der Waals surface area contributed by atoms with Crippen molar-refractivity contribution in [3.63, 3.8) is 0 Å². The summed E-state index contributed by atoms with van der Waals surface area (Å²) in [7, 11) is 0. The Morgan fingerprint density at radius 1 is 1.47 bits per heavy atom. The molecule has 3 nitrogen and oxygen atoms in total. The van der Waals surface area contributed by atoms with Crippen LogP contribution >= 0.6 is 11.8 Å². The van der Waals surface area contributed by atoms with Gasteiger partial charge in [0.2, 0.25) is 0 Å². The summed E-state index contributed by atoms with van der Waals surface area (Å²) in [6, 6.07) is 1.88. The molecule has 17 heavy (non-hydrogen) atoms. The zero-order chi connectivity index (χ0) is 12.1. The van der Waals surface area contributed by atoms with E-state index in [1.807, 2.05) is 11.8 Å². The van der Waals surface area contributed by atoms with E-state index in [1.54, 1.807) is 0 Å². The normalized spacial score (nSPS) is 36.0. The van der Waals surface area contributed by atoms with Crippen LogP contribution in [0.2, 0.25) is 0 Å².